The Bertz CT molecular complexity index is 1420. The van der Waals surface area contributed by atoms with Crippen LogP contribution in [0.2, 0.25) is 5.02 Å². The van der Waals surface area contributed by atoms with Crippen molar-refractivity contribution in [3.05, 3.63) is 83.4 Å². The van der Waals surface area contributed by atoms with Crippen LogP contribution in [0.25, 0.3) is 0 Å². The Morgan fingerprint density at radius 2 is 1.63 bits per heavy atom. The lowest BCUT2D eigenvalue weighted by atomic mass is 10.1. The Kier molecular flexibility index (Phi) is 8.43. The molecule has 0 bridgehead atoms. The second-order valence-corrected chi connectivity index (χ2v) is 10.8. The lowest BCUT2D eigenvalue weighted by Crippen LogP contribution is -2.50. The number of nitrogens with zero attached hydrogens (tertiary/aromatic N) is 2. The monoisotopic (exact) mass is 557 g/mol. The van der Waals surface area contributed by atoms with E-state index in [-0.39, 0.29) is 17.1 Å². The van der Waals surface area contributed by atoms with Gasteiger partial charge in [-0.1, -0.05) is 48.0 Å². The van der Waals surface area contributed by atoms with Crippen molar-refractivity contribution in [1.29, 1.82) is 0 Å². The van der Waals surface area contributed by atoms with Gasteiger partial charge in [0, 0.05) is 24.7 Å². The van der Waals surface area contributed by atoms with E-state index in [0.717, 1.165) is 4.31 Å². The minimum Gasteiger partial charge on any atom is -0.486 e. The second kappa shape index (κ2) is 11.7. The molecule has 0 fully saturated rings. The number of amides is 2. The number of likely N-dealkylation sites (N-methyl/N-ethyl adjacent to an activating group) is 1. The van der Waals surface area contributed by atoms with E-state index in [1.54, 1.807) is 61.5 Å². The maximum Gasteiger partial charge on any atom is 0.264 e. The van der Waals surface area contributed by atoms with Gasteiger partial charge in [0.2, 0.25) is 11.8 Å². The largest absolute Gasteiger partial charge is 0.486 e. The summed E-state index contributed by atoms with van der Waals surface area (Å²) in [4.78, 5) is 27.7. The van der Waals surface area contributed by atoms with E-state index in [1.165, 1.54) is 30.1 Å². The van der Waals surface area contributed by atoms with Crippen molar-refractivity contribution in [2.75, 3.05) is 31.1 Å². The number of fused-ring (bicyclic) bond motifs is 1. The molecule has 200 valence electrons. The number of sulfonamides is 1. The smallest absolute Gasteiger partial charge is 0.264 e. The number of nitrogens with one attached hydrogen (secondary N) is 1. The SMILES string of the molecule is CNC(=O)[C@H](C)N(Cc1ccccc1Cl)C(=O)CN(c1ccc2c(c1)OCCO2)S(=O)(=O)c1ccccc1. The molecule has 11 heteroatoms. The van der Waals surface area contributed by atoms with E-state index in [1.807, 2.05) is 0 Å². The first-order valence-corrected chi connectivity index (χ1v) is 13.8. The van der Waals surface area contributed by atoms with Crippen molar-refractivity contribution in [3.63, 3.8) is 0 Å². The fraction of sp³-hybridized carbons (Fsp3) is 0.259. The summed E-state index contributed by atoms with van der Waals surface area (Å²) in [6, 6.07) is 18.6. The highest BCUT2D eigenvalue weighted by atomic mass is 35.5. The van der Waals surface area contributed by atoms with Crippen molar-refractivity contribution >= 4 is 39.1 Å². The molecule has 3 aromatic rings. The number of anilines is 1. The lowest BCUT2D eigenvalue weighted by molar-refractivity contribution is -0.139. The molecular formula is C27H28ClN3O6S. The Hall–Kier alpha value is -3.76. The van der Waals surface area contributed by atoms with Gasteiger partial charge in [0.05, 0.1) is 10.6 Å². The van der Waals surface area contributed by atoms with Gasteiger partial charge in [-0.15, -0.1) is 0 Å². The van der Waals surface area contributed by atoms with Gasteiger partial charge in [0.1, 0.15) is 25.8 Å². The topological polar surface area (TPSA) is 105 Å². The van der Waals surface area contributed by atoms with Crippen LogP contribution in [0, 0.1) is 0 Å². The molecule has 0 aliphatic carbocycles. The average molecular weight is 558 g/mol. The molecule has 1 aliphatic heterocycles. The average Bonchev–Trinajstić information content (AvgIpc) is 2.94. The Labute approximate surface area is 227 Å². The Morgan fingerprint density at radius 3 is 2.32 bits per heavy atom. The number of rotatable bonds is 9. The molecule has 0 spiro atoms. The lowest BCUT2D eigenvalue weighted by Gasteiger charge is -2.32. The zero-order valence-electron chi connectivity index (χ0n) is 21.0. The minimum absolute atomic E-state index is 0.00740. The fourth-order valence-electron chi connectivity index (χ4n) is 4.04. The number of carbonyl (C=O) groups is 2. The quantitative estimate of drug-likeness (QED) is 0.432. The fourth-order valence-corrected chi connectivity index (χ4v) is 5.66. The van der Waals surface area contributed by atoms with Crippen molar-refractivity contribution in [3.8, 4) is 11.5 Å². The summed E-state index contributed by atoms with van der Waals surface area (Å²) in [5, 5.41) is 2.97. The van der Waals surface area contributed by atoms with Crippen molar-refractivity contribution in [2.24, 2.45) is 0 Å². The zero-order valence-corrected chi connectivity index (χ0v) is 22.5. The first-order valence-electron chi connectivity index (χ1n) is 11.9. The van der Waals surface area contributed by atoms with Crippen LogP contribution >= 0.6 is 11.6 Å². The normalized spacial score (nSPS) is 13.3. The summed E-state index contributed by atoms with van der Waals surface area (Å²) >= 11 is 6.34. The standard InChI is InChI=1S/C27H28ClN3O6S/c1-19(27(33)29-2)30(17-20-8-6-7-11-23(20)28)26(32)18-31(38(34,35)22-9-4-3-5-10-22)21-12-13-24-25(16-21)37-15-14-36-24/h3-13,16,19H,14-15,17-18H2,1-2H3,(H,29,33)/t19-/m0/s1. The van der Waals surface area contributed by atoms with E-state index in [2.05, 4.69) is 5.32 Å². The Balaban J connectivity index is 1.74. The van der Waals surface area contributed by atoms with Gasteiger partial charge in [-0.05, 0) is 42.8 Å². The van der Waals surface area contributed by atoms with Gasteiger partial charge in [0.25, 0.3) is 10.0 Å². The third-order valence-corrected chi connectivity index (χ3v) is 8.29. The number of halogens is 1. The third kappa shape index (κ3) is 5.87. The molecule has 0 unspecified atom stereocenters. The van der Waals surface area contributed by atoms with Crippen LogP contribution in [0.1, 0.15) is 12.5 Å². The van der Waals surface area contributed by atoms with Gasteiger partial charge in [-0.3, -0.25) is 13.9 Å². The van der Waals surface area contributed by atoms with Gasteiger partial charge in [-0.25, -0.2) is 8.42 Å². The van der Waals surface area contributed by atoms with Crippen LogP contribution in [0.4, 0.5) is 5.69 Å². The van der Waals surface area contributed by atoms with Crippen LogP contribution < -0.4 is 19.1 Å². The summed E-state index contributed by atoms with van der Waals surface area (Å²) < 4.78 is 39.9. The molecule has 38 heavy (non-hydrogen) atoms. The van der Waals surface area contributed by atoms with E-state index in [0.29, 0.717) is 35.3 Å². The molecule has 0 aromatic heterocycles. The summed E-state index contributed by atoms with van der Waals surface area (Å²) in [6.45, 7) is 1.71. The number of hydrogen-bond acceptors (Lipinski definition) is 6. The highest BCUT2D eigenvalue weighted by Crippen LogP contribution is 2.36. The highest BCUT2D eigenvalue weighted by molar-refractivity contribution is 7.92. The van der Waals surface area contributed by atoms with Gasteiger partial charge < -0.3 is 19.7 Å². The maximum atomic E-state index is 13.8. The van der Waals surface area contributed by atoms with Crippen LogP contribution in [0.3, 0.4) is 0 Å². The molecule has 2 amide bonds. The van der Waals surface area contributed by atoms with E-state index in [9.17, 15) is 18.0 Å². The first kappa shape index (κ1) is 27.3. The first-order chi connectivity index (χ1) is 18.2. The molecule has 1 aliphatic rings. The molecule has 0 saturated carbocycles. The summed E-state index contributed by atoms with van der Waals surface area (Å²) in [5.41, 5.74) is 0.840. The van der Waals surface area contributed by atoms with E-state index < -0.39 is 34.4 Å². The summed E-state index contributed by atoms with van der Waals surface area (Å²) in [5.74, 6) is -0.129. The number of carbonyl (C=O) groups excluding carboxylic acids is 2. The third-order valence-electron chi connectivity index (χ3n) is 6.14. The molecule has 1 N–H and O–H groups in total. The molecule has 0 saturated heterocycles. The molecule has 3 aromatic carbocycles. The van der Waals surface area contributed by atoms with Gasteiger partial charge in [0.15, 0.2) is 11.5 Å². The highest BCUT2D eigenvalue weighted by Gasteiger charge is 2.33. The van der Waals surface area contributed by atoms with Crippen LogP contribution in [0.15, 0.2) is 77.7 Å². The van der Waals surface area contributed by atoms with E-state index in [4.69, 9.17) is 21.1 Å². The molecule has 0 radical (unpaired) electrons. The zero-order chi connectivity index (χ0) is 27.3. The molecule has 9 nitrogen and oxygen atoms in total. The second-order valence-electron chi connectivity index (χ2n) is 8.56. The molecule has 1 atom stereocenters. The molecule has 4 rings (SSSR count). The maximum absolute atomic E-state index is 13.8. The van der Waals surface area contributed by atoms with Crippen LogP contribution in [0.5, 0.6) is 11.5 Å². The summed E-state index contributed by atoms with van der Waals surface area (Å²) in [6.07, 6.45) is 0. The number of benzene rings is 3. The summed E-state index contributed by atoms with van der Waals surface area (Å²) in [7, 11) is -2.71. The molecule has 1 heterocycles. The van der Waals surface area contributed by atoms with Gasteiger partial charge in [-0.2, -0.15) is 0 Å². The Morgan fingerprint density at radius 1 is 0.974 bits per heavy atom. The van der Waals surface area contributed by atoms with E-state index >= 15 is 0 Å². The predicted octanol–water partition coefficient (Wildman–Crippen LogP) is 3.47. The van der Waals surface area contributed by atoms with Crippen LogP contribution in [-0.2, 0) is 26.2 Å². The predicted molar refractivity (Wildman–Crippen MR) is 144 cm³/mol. The van der Waals surface area contributed by atoms with Gasteiger partial charge >= 0.3 is 0 Å². The van der Waals surface area contributed by atoms with Crippen molar-refractivity contribution in [1.82, 2.24) is 10.2 Å². The minimum atomic E-state index is -4.18. The van der Waals surface area contributed by atoms with Crippen molar-refractivity contribution in [2.45, 2.75) is 24.4 Å². The molecular weight excluding hydrogens is 530 g/mol. The number of hydrogen-bond donors (Lipinski definition) is 1. The van der Waals surface area contributed by atoms with Crippen LogP contribution in [-0.4, -0.2) is 58.0 Å². The van der Waals surface area contributed by atoms with Crippen molar-refractivity contribution < 1.29 is 27.5 Å². The number of ether oxygens (including phenoxy) is 2.